The molecule has 8 heteroatoms. The lowest BCUT2D eigenvalue weighted by Gasteiger charge is -2.19. The van der Waals surface area contributed by atoms with Crippen LogP contribution in [0.4, 0.5) is 18.9 Å². The Hall–Kier alpha value is -3.26. The number of furan rings is 2. The van der Waals surface area contributed by atoms with Gasteiger partial charge in [-0.3, -0.25) is 4.99 Å². The number of nitrogens with two attached hydrogens (primary N) is 1. The topological polar surface area (TPSA) is 83.8 Å². The molecule has 0 spiro atoms. The van der Waals surface area contributed by atoms with Crippen LogP contribution in [0, 0.1) is 6.92 Å². The summed E-state index contributed by atoms with van der Waals surface area (Å²) in [5.74, 6) is -0.488. The number of aryl methyl sites for hydroxylation is 1. The molecule has 3 heterocycles. The Bertz CT molecular complexity index is 1100. The van der Waals surface area contributed by atoms with E-state index in [4.69, 9.17) is 10.2 Å². The highest BCUT2D eigenvalue weighted by molar-refractivity contribution is 6.12. The number of anilines is 1. The van der Waals surface area contributed by atoms with Crippen molar-refractivity contribution in [3.05, 3.63) is 70.9 Å². The van der Waals surface area contributed by atoms with Crippen LogP contribution in [0.3, 0.4) is 0 Å². The second kappa shape index (κ2) is 6.42. The molecule has 0 saturated heterocycles. The molecule has 1 aliphatic rings. The van der Waals surface area contributed by atoms with E-state index in [2.05, 4.69) is 10.3 Å². The standard InChI is InChI=1S/C20H16F3N3O2/c1-10-6-12(20(21,22)23)7-16(27)18(10)14-4-2-11(19(24)26-14)9-25-15-8-13-3-5-17(15)28-13/h2-9,19,25,27H,24H2,1H3/b11-9-. The van der Waals surface area contributed by atoms with E-state index in [1.165, 1.54) is 6.92 Å². The summed E-state index contributed by atoms with van der Waals surface area (Å²) in [5.41, 5.74) is 8.93. The van der Waals surface area contributed by atoms with Gasteiger partial charge in [-0.05, 0) is 42.8 Å². The number of hydrogen-bond acceptors (Lipinski definition) is 5. The van der Waals surface area contributed by atoms with E-state index >= 15 is 0 Å². The lowest BCUT2D eigenvalue weighted by atomic mass is 9.97. The highest BCUT2D eigenvalue weighted by atomic mass is 19.4. The fraction of sp³-hybridized carbons (Fsp3) is 0.150. The SMILES string of the molecule is Cc1cc(C(F)(F)F)cc(O)c1C1=NC(N)/C(=C\Nc2cc3ccc2o3)C=C1. The average molecular weight is 387 g/mol. The van der Waals surface area contributed by atoms with Crippen molar-refractivity contribution >= 4 is 22.6 Å². The second-order valence-electron chi connectivity index (χ2n) is 6.53. The third kappa shape index (κ3) is 3.22. The van der Waals surface area contributed by atoms with Gasteiger partial charge in [0.25, 0.3) is 0 Å². The van der Waals surface area contributed by atoms with Crippen molar-refractivity contribution in [2.45, 2.75) is 19.3 Å². The summed E-state index contributed by atoms with van der Waals surface area (Å²) in [4.78, 5) is 4.32. The summed E-state index contributed by atoms with van der Waals surface area (Å²) in [6.45, 7) is 1.49. The van der Waals surface area contributed by atoms with Gasteiger partial charge in [-0.1, -0.05) is 6.08 Å². The molecule has 3 aromatic rings. The van der Waals surface area contributed by atoms with Crippen LogP contribution in [-0.2, 0) is 6.18 Å². The van der Waals surface area contributed by atoms with Crippen LogP contribution in [-0.4, -0.2) is 17.0 Å². The summed E-state index contributed by atoms with van der Waals surface area (Å²) in [6, 6.07) is 7.23. The second-order valence-corrected chi connectivity index (χ2v) is 6.53. The number of benzene rings is 2. The van der Waals surface area contributed by atoms with Crippen LogP contribution in [0.25, 0.3) is 11.2 Å². The minimum absolute atomic E-state index is 0.230. The van der Waals surface area contributed by atoms with Gasteiger partial charge in [0.1, 0.15) is 17.5 Å². The van der Waals surface area contributed by atoms with Crippen molar-refractivity contribution in [1.82, 2.24) is 0 Å². The molecule has 1 aromatic carbocycles. The van der Waals surface area contributed by atoms with Gasteiger partial charge >= 0.3 is 6.18 Å². The monoisotopic (exact) mass is 387 g/mol. The first kappa shape index (κ1) is 18.1. The molecule has 4 rings (SSSR count). The molecule has 4 N–H and O–H groups in total. The Morgan fingerprint density at radius 2 is 2.00 bits per heavy atom. The molecule has 0 radical (unpaired) electrons. The lowest BCUT2D eigenvalue weighted by Crippen LogP contribution is -2.25. The molecular formula is C20H16F3N3O2. The van der Waals surface area contributed by atoms with E-state index in [1.807, 2.05) is 18.2 Å². The van der Waals surface area contributed by atoms with E-state index in [0.717, 1.165) is 22.9 Å². The number of aromatic hydroxyl groups is 1. The number of nitrogens with zero attached hydrogens (tertiary/aromatic N) is 1. The van der Waals surface area contributed by atoms with Crippen LogP contribution in [0.15, 0.2) is 63.7 Å². The molecule has 1 atom stereocenters. The number of fused-ring (bicyclic) bond motifs is 2. The van der Waals surface area contributed by atoms with Crippen molar-refractivity contribution in [2.24, 2.45) is 10.7 Å². The Morgan fingerprint density at radius 3 is 2.57 bits per heavy atom. The number of alkyl halides is 3. The van der Waals surface area contributed by atoms with Crippen molar-refractivity contribution in [2.75, 3.05) is 5.32 Å². The fourth-order valence-electron chi connectivity index (χ4n) is 3.15. The first-order chi connectivity index (χ1) is 13.2. The summed E-state index contributed by atoms with van der Waals surface area (Å²) in [6.07, 6.45) is -0.259. The predicted molar refractivity (Wildman–Crippen MR) is 101 cm³/mol. The number of aliphatic imine (C=N–C) groups is 1. The summed E-state index contributed by atoms with van der Waals surface area (Å²) >= 11 is 0. The number of hydrogen-bond donors (Lipinski definition) is 3. The van der Waals surface area contributed by atoms with Gasteiger partial charge in [-0.2, -0.15) is 13.2 Å². The number of allylic oxidation sites excluding steroid dienone is 1. The van der Waals surface area contributed by atoms with Crippen LogP contribution in [0.1, 0.15) is 16.7 Å². The number of phenolic OH excluding ortho intramolecular Hbond substituents is 1. The van der Waals surface area contributed by atoms with Gasteiger partial charge < -0.3 is 20.6 Å². The fourth-order valence-corrected chi connectivity index (χ4v) is 3.15. The molecule has 5 nitrogen and oxygen atoms in total. The molecule has 144 valence electrons. The van der Waals surface area contributed by atoms with Gasteiger partial charge in [0.2, 0.25) is 0 Å². The molecule has 0 saturated carbocycles. The number of rotatable bonds is 3. The van der Waals surface area contributed by atoms with E-state index in [-0.39, 0.29) is 11.1 Å². The van der Waals surface area contributed by atoms with Gasteiger partial charge in [0, 0.05) is 23.4 Å². The molecule has 1 unspecified atom stereocenters. The molecule has 0 fully saturated rings. The number of phenols is 1. The number of halogens is 3. The lowest BCUT2D eigenvalue weighted by molar-refractivity contribution is -0.137. The minimum Gasteiger partial charge on any atom is -0.507 e. The van der Waals surface area contributed by atoms with Gasteiger partial charge in [0.05, 0.1) is 17.0 Å². The maximum absolute atomic E-state index is 12.9. The Morgan fingerprint density at radius 1 is 1.21 bits per heavy atom. The third-order valence-corrected chi connectivity index (χ3v) is 4.52. The molecule has 0 amide bonds. The summed E-state index contributed by atoms with van der Waals surface area (Å²) in [5, 5.41) is 13.2. The Balaban J connectivity index is 1.58. The van der Waals surface area contributed by atoms with Crippen LogP contribution >= 0.6 is 0 Å². The zero-order chi connectivity index (χ0) is 20.1. The van der Waals surface area contributed by atoms with E-state index in [0.29, 0.717) is 17.4 Å². The first-order valence-corrected chi connectivity index (χ1v) is 8.43. The van der Waals surface area contributed by atoms with Crippen LogP contribution in [0.5, 0.6) is 5.75 Å². The Kier molecular flexibility index (Phi) is 4.15. The van der Waals surface area contributed by atoms with Crippen LogP contribution < -0.4 is 11.1 Å². The smallest absolute Gasteiger partial charge is 0.416 e. The van der Waals surface area contributed by atoms with E-state index < -0.39 is 23.7 Å². The quantitative estimate of drug-likeness (QED) is 0.616. The molecule has 2 aromatic heterocycles. The summed E-state index contributed by atoms with van der Waals surface area (Å²) < 4.78 is 44.1. The zero-order valence-electron chi connectivity index (χ0n) is 14.7. The normalized spacial score (nSPS) is 18.8. The Labute approximate surface area is 158 Å². The predicted octanol–water partition coefficient (Wildman–Crippen LogP) is 4.54. The van der Waals surface area contributed by atoms with Crippen molar-refractivity contribution < 1.29 is 22.7 Å². The van der Waals surface area contributed by atoms with Gasteiger partial charge in [-0.25, -0.2) is 0 Å². The van der Waals surface area contributed by atoms with Crippen molar-refractivity contribution in [1.29, 1.82) is 0 Å². The van der Waals surface area contributed by atoms with Gasteiger partial charge in [-0.15, -0.1) is 0 Å². The zero-order valence-corrected chi connectivity index (χ0v) is 14.7. The summed E-state index contributed by atoms with van der Waals surface area (Å²) in [7, 11) is 0. The van der Waals surface area contributed by atoms with Crippen molar-refractivity contribution in [3.8, 4) is 5.75 Å². The maximum atomic E-state index is 12.9. The highest BCUT2D eigenvalue weighted by Gasteiger charge is 2.32. The first-order valence-electron chi connectivity index (χ1n) is 8.43. The highest BCUT2D eigenvalue weighted by Crippen LogP contribution is 2.35. The third-order valence-electron chi connectivity index (χ3n) is 4.52. The maximum Gasteiger partial charge on any atom is 0.416 e. The molecule has 28 heavy (non-hydrogen) atoms. The van der Waals surface area contributed by atoms with E-state index in [1.54, 1.807) is 18.4 Å². The average Bonchev–Trinajstić information content (AvgIpc) is 3.22. The number of dihydropyridines is 1. The molecule has 0 aliphatic carbocycles. The van der Waals surface area contributed by atoms with E-state index in [9.17, 15) is 18.3 Å². The molecular weight excluding hydrogens is 371 g/mol. The number of nitrogens with one attached hydrogen (secondary N) is 1. The van der Waals surface area contributed by atoms with Crippen molar-refractivity contribution in [3.63, 3.8) is 0 Å². The minimum atomic E-state index is -4.54. The molecule has 2 bridgehead atoms. The largest absolute Gasteiger partial charge is 0.507 e. The van der Waals surface area contributed by atoms with Gasteiger partial charge in [0.15, 0.2) is 5.58 Å². The van der Waals surface area contributed by atoms with Crippen LogP contribution in [0.2, 0.25) is 0 Å². The molecule has 1 aliphatic heterocycles.